The average Bonchev–Trinajstić information content (AvgIpc) is 3.20. The molecule has 1 unspecified atom stereocenters. The molecule has 2 heterocycles. The van der Waals surface area contributed by atoms with Gasteiger partial charge in [0.1, 0.15) is 0 Å². The maximum Gasteiger partial charge on any atom is 0.287 e. The number of carbonyl (C=O) groups excluding carboxylic acids is 1. The lowest BCUT2D eigenvalue weighted by atomic mass is 10.1. The van der Waals surface area contributed by atoms with E-state index in [2.05, 4.69) is 63.1 Å². The number of carbonyl (C=O) groups is 1. The van der Waals surface area contributed by atoms with Gasteiger partial charge in [-0.05, 0) is 51.3 Å². The maximum atomic E-state index is 12.1. The molecular formula is C23H33N5O2. The van der Waals surface area contributed by atoms with E-state index in [4.69, 9.17) is 4.42 Å². The van der Waals surface area contributed by atoms with Crippen LogP contribution in [0, 0.1) is 6.92 Å². The van der Waals surface area contributed by atoms with Crippen molar-refractivity contribution in [3.05, 3.63) is 54.0 Å². The molecule has 0 aliphatic carbocycles. The molecule has 1 aromatic heterocycles. The highest BCUT2D eigenvalue weighted by Crippen LogP contribution is 2.19. The quantitative estimate of drug-likeness (QED) is 0.353. The molecule has 162 valence electrons. The van der Waals surface area contributed by atoms with Crippen LogP contribution in [0.15, 0.2) is 52.1 Å². The van der Waals surface area contributed by atoms with E-state index in [1.165, 1.54) is 12.0 Å². The van der Waals surface area contributed by atoms with Crippen LogP contribution < -0.4 is 20.9 Å². The Morgan fingerprint density at radius 1 is 1.23 bits per heavy atom. The Balaban J connectivity index is 1.44. The standard InChI is InChI=1S/C23H33N5O2/c1-3-24-23(26-14-8-13-25-22(29)21-18(2)12-16-30-21)27-19-9-7-15-28(17-19)20-10-5-4-6-11-20/h4-6,10-12,16,19H,3,7-9,13-15,17H2,1-2H3,(H,25,29)(H2,24,26,27). The zero-order valence-corrected chi connectivity index (χ0v) is 18.0. The van der Waals surface area contributed by atoms with E-state index in [1.54, 1.807) is 6.07 Å². The van der Waals surface area contributed by atoms with E-state index in [1.807, 2.05) is 6.92 Å². The zero-order chi connectivity index (χ0) is 21.2. The van der Waals surface area contributed by atoms with Gasteiger partial charge in [-0.15, -0.1) is 0 Å². The van der Waals surface area contributed by atoms with Crippen LogP contribution in [0.5, 0.6) is 0 Å². The van der Waals surface area contributed by atoms with Crippen LogP contribution in [0.1, 0.15) is 42.3 Å². The van der Waals surface area contributed by atoms with Gasteiger partial charge in [-0.1, -0.05) is 18.2 Å². The topological polar surface area (TPSA) is 81.9 Å². The van der Waals surface area contributed by atoms with E-state index in [-0.39, 0.29) is 5.91 Å². The molecule has 1 aliphatic rings. The van der Waals surface area contributed by atoms with Crippen LogP contribution in [-0.4, -0.2) is 50.6 Å². The molecule has 2 aromatic rings. The van der Waals surface area contributed by atoms with E-state index in [9.17, 15) is 4.79 Å². The number of piperidine rings is 1. The molecule has 0 saturated carbocycles. The van der Waals surface area contributed by atoms with Crippen molar-refractivity contribution in [2.75, 3.05) is 37.6 Å². The number of rotatable bonds is 8. The normalized spacial score (nSPS) is 16.9. The van der Waals surface area contributed by atoms with Crippen molar-refractivity contribution in [3.63, 3.8) is 0 Å². The van der Waals surface area contributed by atoms with Crippen molar-refractivity contribution in [2.24, 2.45) is 4.99 Å². The van der Waals surface area contributed by atoms with Gasteiger partial charge in [-0.25, -0.2) is 0 Å². The highest BCUT2D eigenvalue weighted by Gasteiger charge is 2.20. The number of nitrogens with zero attached hydrogens (tertiary/aromatic N) is 2. The Hall–Kier alpha value is -2.96. The van der Waals surface area contributed by atoms with Crippen LogP contribution in [-0.2, 0) is 0 Å². The van der Waals surface area contributed by atoms with Crippen molar-refractivity contribution in [2.45, 2.75) is 39.2 Å². The van der Waals surface area contributed by atoms with Crippen LogP contribution in [0.25, 0.3) is 0 Å². The minimum atomic E-state index is -0.172. The first-order valence-corrected chi connectivity index (χ1v) is 10.8. The van der Waals surface area contributed by atoms with Gasteiger partial charge < -0.3 is 25.3 Å². The lowest BCUT2D eigenvalue weighted by Crippen LogP contribution is -2.51. The first kappa shape index (κ1) is 21.7. The first-order chi connectivity index (χ1) is 14.7. The maximum absolute atomic E-state index is 12.1. The molecule has 7 nitrogen and oxygen atoms in total. The molecule has 7 heteroatoms. The summed E-state index contributed by atoms with van der Waals surface area (Å²) in [7, 11) is 0. The molecule has 3 rings (SSSR count). The summed E-state index contributed by atoms with van der Waals surface area (Å²) in [5, 5.41) is 9.80. The second-order valence-corrected chi connectivity index (χ2v) is 7.57. The lowest BCUT2D eigenvalue weighted by molar-refractivity contribution is 0.0925. The van der Waals surface area contributed by atoms with Gasteiger partial charge in [0.2, 0.25) is 0 Å². The summed E-state index contributed by atoms with van der Waals surface area (Å²) in [4.78, 5) is 19.2. The van der Waals surface area contributed by atoms with Gasteiger partial charge in [-0.3, -0.25) is 9.79 Å². The summed E-state index contributed by atoms with van der Waals surface area (Å²) in [6.45, 7) is 8.00. The summed E-state index contributed by atoms with van der Waals surface area (Å²) in [6, 6.07) is 12.7. The number of nitrogens with one attached hydrogen (secondary N) is 3. The number of hydrogen-bond acceptors (Lipinski definition) is 4. The van der Waals surface area contributed by atoms with E-state index in [0.29, 0.717) is 24.9 Å². The SMILES string of the molecule is CCNC(=NCCCNC(=O)c1occc1C)NC1CCCN(c2ccccc2)C1. The fraction of sp³-hybridized carbons (Fsp3) is 0.478. The Morgan fingerprint density at radius 2 is 2.07 bits per heavy atom. The third kappa shape index (κ3) is 6.27. The highest BCUT2D eigenvalue weighted by molar-refractivity contribution is 5.92. The number of anilines is 1. The van der Waals surface area contributed by atoms with Crippen molar-refractivity contribution >= 4 is 17.6 Å². The van der Waals surface area contributed by atoms with Gasteiger partial charge in [0.25, 0.3) is 5.91 Å². The molecule has 0 spiro atoms. The largest absolute Gasteiger partial charge is 0.459 e. The molecule has 1 aliphatic heterocycles. The van der Waals surface area contributed by atoms with Crippen LogP contribution in [0.3, 0.4) is 0 Å². The number of para-hydroxylation sites is 1. The minimum Gasteiger partial charge on any atom is -0.459 e. The van der Waals surface area contributed by atoms with E-state index in [0.717, 1.165) is 50.4 Å². The third-order valence-corrected chi connectivity index (χ3v) is 5.19. The summed E-state index contributed by atoms with van der Waals surface area (Å²) in [5.74, 6) is 1.05. The van der Waals surface area contributed by atoms with Crippen LogP contribution in [0.4, 0.5) is 5.69 Å². The van der Waals surface area contributed by atoms with Gasteiger partial charge in [0.05, 0.1) is 6.26 Å². The zero-order valence-electron chi connectivity index (χ0n) is 18.0. The Morgan fingerprint density at radius 3 is 2.80 bits per heavy atom. The first-order valence-electron chi connectivity index (χ1n) is 10.8. The summed E-state index contributed by atoms with van der Waals surface area (Å²) >= 11 is 0. The molecule has 0 radical (unpaired) electrons. The summed E-state index contributed by atoms with van der Waals surface area (Å²) < 4.78 is 5.21. The van der Waals surface area contributed by atoms with E-state index < -0.39 is 0 Å². The number of amides is 1. The molecule has 3 N–H and O–H groups in total. The second-order valence-electron chi connectivity index (χ2n) is 7.57. The molecule has 1 amide bonds. The summed E-state index contributed by atoms with van der Waals surface area (Å²) in [6.07, 6.45) is 4.59. The molecule has 1 atom stereocenters. The average molecular weight is 412 g/mol. The summed E-state index contributed by atoms with van der Waals surface area (Å²) in [5.41, 5.74) is 2.12. The Kier molecular flexibility index (Phi) is 8.18. The fourth-order valence-corrected chi connectivity index (χ4v) is 3.64. The molecule has 30 heavy (non-hydrogen) atoms. The molecule has 1 fully saturated rings. The smallest absolute Gasteiger partial charge is 0.287 e. The van der Waals surface area contributed by atoms with Crippen molar-refractivity contribution in [1.82, 2.24) is 16.0 Å². The number of benzene rings is 1. The number of aryl methyl sites for hydroxylation is 1. The number of furan rings is 1. The third-order valence-electron chi connectivity index (χ3n) is 5.19. The van der Waals surface area contributed by atoms with Crippen molar-refractivity contribution < 1.29 is 9.21 Å². The predicted molar refractivity (Wildman–Crippen MR) is 121 cm³/mol. The van der Waals surface area contributed by atoms with Crippen molar-refractivity contribution in [3.8, 4) is 0 Å². The molecule has 1 aromatic carbocycles. The number of hydrogen-bond donors (Lipinski definition) is 3. The number of guanidine groups is 1. The number of aliphatic imine (C=N–C) groups is 1. The van der Waals surface area contributed by atoms with Crippen LogP contribution >= 0.6 is 0 Å². The van der Waals surface area contributed by atoms with Gasteiger partial charge in [0.15, 0.2) is 11.7 Å². The Bertz CT molecular complexity index is 818. The monoisotopic (exact) mass is 411 g/mol. The molecule has 0 bridgehead atoms. The fourth-order valence-electron chi connectivity index (χ4n) is 3.64. The van der Waals surface area contributed by atoms with E-state index >= 15 is 0 Å². The predicted octanol–water partition coefficient (Wildman–Crippen LogP) is 2.93. The molecule has 1 saturated heterocycles. The Labute approximate surface area is 178 Å². The van der Waals surface area contributed by atoms with Crippen LogP contribution in [0.2, 0.25) is 0 Å². The molecular weight excluding hydrogens is 378 g/mol. The highest BCUT2D eigenvalue weighted by atomic mass is 16.3. The second kappa shape index (κ2) is 11.3. The van der Waals surface area contributed by atoms with Crippen molar-refractivity contribution in [1.29, 1.82) is 0 Å². The minimum absolute atomic E-state index is 0.172. The van der Waals surface area contributed by atoms with Gasteiger partial charge in [0, 0.05) is 50.0 Å². The lowest BCUT2D eigenvalue weighted by Gasteiger charge is -2.35. The van der Waals surface area contributed by atoms with Gasteiger partial charge in [-0.2, -0.15) is 0 Å². The van der Waals surface area contributed by atoms with Gasteiger partial charge >= 0.3 is 0 Å².